The van der Waals surface area contributed by atoms with Gasteiger partial charge in [0.2, 0.25) is 10.0 Å². The molecule has 1 aromatic carbocycles. The van der Waals surface area contributed by atoms with E-state index in [1.165, 1.54) is 17.0 Å². The molecule has 1 saturated heterocycles. The average Bonchev–Trinajstić information content (AvgIpc) is 3.05. The predicted octanol–water partition coefficient (Wildman–Crippen LogP) is 1.20. The largest absolute Gasteiger partial charge is 0.481 e. The van der Waals surface area contributed by atoms with Crippen molar-refractivity contribution in [3.63, 3.8) is 0 Å². The molecular formula is C15H19FN2O5S. The highest BCUT2D eigenvalue weighted by Gasteiger charge is 2.24. The van der Waals surface area contributed by atoms with Gasteiger partial charge in [-0.3, -0.25) is 9.59 Å². The highest BCUT2D eigenvalue weighted by atomic mass is 32.2. The van der Waals surface area contributed by atoms with Crippen molar-refractivity contribution in [1.82, 2.24) is 9.62 Å². The van der Waals surface area contributed by atoms with Crippen LogP contribution in [0.4, 0.5) is 4.39 Å². The Morgan fingerprint density at radius 3 is 2.50 bits per heavy atom. The number of amides is 1. The highest BCUT2D eigenvalue weighted by Crippen LogP contribution is 2.19. The number of aliphatic carboxylic acids is 1. The van der Waals surface area contributed by atoms with E-state index in [2.05, 4.69) is 4.72 Å². The van der Waals surface area contributed by atoms with E-state index in [0.717, 1.165) is 18.9 Å². The summed E-state index contributed by atoms with van der Waals surface area (Å²) in [6.45, 7) is 1.08. The van der Waals surface area contributed by atoms with Gasteiger partial charge in [0.05, 0.1) is 10.5 Å². The third-order valence-corrected chi connectivity index (χ3v) is 5.19. The van der Waals surface area contributed by atoms with E-state index in [4.69, 9.17) is 5.11 Å². The molecule has 0 aromatic heterocycles. The fourth-order valence-corrected chi connectivity index (χ4v) is 3.54. The number of halogens is 1. The quantitative estimate of drug-likeness (QED) is 0.713. The zero-order valence-electron chi connectivity index (χ0n) is 13.0. The second-order valence-electron chi connectivity index (χ2n) is 5.54. The van der Waals surface area contributed by atoms with Gasteiger partial charge < -0.3 is 10.0 Å². The molecule has 0 saturated carbocycles. The minimum absolute atomic E-state index is 0.0648. The molecule has 0 aliphatic carbocycles. The van der Waals surface area contributed by atoms with Gasteiger partial charge in [-0.25, -0.2) is 17.5 Å². The molecule has 0 radical (unpaired) electrons. The van der Waals surface area contributed by atoms with E-state index in [-0.39, 0.29) is 29.8 Å². The number of likely N-dealkylation sites (tertiary alicyclic amines) is 1. The lowest BCUT2D eigenvalue weighted by molar-refractivity contribution is -0.137. The lowest BCUT2D eigenvalue weighted by atomic mass is 10.2. The van der Waals surface area contributed by atoms with Crippen LogP contribution in [0.5, 0.6) is 0 Å². The molecule has 0 bridgehead atoms. The van der Waals surface area contributed by atoms with E-state index >= 15 is 0 Å². The summed E-state index contributed by atoms with van der Waals surface area (Å²) in [6, 6.07) is 3.15. The summed E-state index contributed by atoms with van der Waals surface area (Å²) in [6.07, 6.45) is 1.71. The van der Waals surface area contributed by atoms with Crippen molar-refractivity contribution in [1.29, 1.82) is 0 Å². The molecule has 9 heteroatoms. The van der Waals surface area contributed by atoms with Gasteiger partial charge in [0.1, 0.15) is 5.82 Å². The first-order valence-electron chi connectivity index (χ1n) is 7.61. The topological polar surface area (TPSA) is 104 Å². The monoisotopic (exact) mass is 358 g/mol. The van der Waals surface area contributed by atoms with Crippen molar-refractivity contribution in [3.8, 4) is 0 Å². The van der Waals surface area contributed by atoms with Gasteiger partial charge in [0, 0.05) is 26.1 Å². The summed E-state index contributed by atoms with van der Waals surface area (Å²) in [5, 5.41) is 8.51. The van der Waals surface area contributed by atoms with E-state index in [1.54, 1.807) is 0 Å². The zero-order chi connectivity index (χ0) is 17.7. The Morgan fingerprint density at radius 2 is 1.92 bits per heavy atom. The molecule has 1 aromatic rings. The van der Waals surface area contributed by atoms with Crippen LogP contribution in [0.15, 0.2) is 23.1 Å². The highest BCUT2D eigenvalue weighted by molar-refractivity contribution is 7.89. The molecule has 7 nitrogen and oxygen atoms in total. The number of carbonyl (C=O) groups excluding carboxylic acids is 1. The number of hydrogen-bond acceptors (Lipinski definition) is 4. The summed E-state index contributed by atoms with van der Waals surface area (Å²) in [5.74, 6) is -2.35. The van der Waals surface area contributed by atoms with Crippen molar-refractivity contribution in [2.24, 2.45) is 0 Å². The van der Waals surface area contributed by atoms with Gasteiger partial charge in [0.15, 0.2) is 0 Å². The third kappa shape index (κ3) is 4.51. The second kappa shape index (κ2) is 7.71. The fourth-order valence-electron chi connectivity index (χ4n) is 2.46. The molecule has 24 heavy (non-hydrogen) atoms. The van der Waals surface area contributed by atoms with Crippen molar-refractivity contribution in [3.05, 3.63) is 29.6 Å². The van der Waals surface area contributed by atoms with Crippen LogP contribution in [0.1, 0.15) is 36.0 Å². The van der Waals surface area contributed by atoms with Crippen LogP contribution in [-0.2, 0) is 14.8 Å². The summed E-state index contributed by atoms with van der Waals surface area (Å²) < 4.78 is 40.5. The van der Waals surface area contributed by atoms with Crippen LogP contribution < -0.4 is 4.72 Å². The summed E-state index contributed by atoms with van der Waals surface area (Å²) in [5.41, 5.74) is -0.151. The number of carboxylic acids is 1. The first-order chi connectivity index (χ1) is 11.3. The molecule has 1 aliphatic rings. The van der Waals surface area contributed by atoms with Gasteiger partial charge in [0.25, 0.3) is 5.91 Å². The lowest BCUT2D eigenvalue weighted by Crippen LogP contribution is -2.29. The van der Waals surface area contributed by atoms with Crippen molar-refractivity contribution in [2.45, 2.75) is 30.6 Å². The van der Waals surface area contributed by atoms with Crippen LogP contribution >= 0.6 is 0 Å². The minimum Gasteiger partial charge on any atom is -0.481 e. The molecule has 1 heterocycles. The van der Waals surface area contributed by atoms with E-state index in [0.29, 0.717) is 13.1 Å². The number of benzene rings is 1. The first kappa shape index (κ1) is 18.3. The number of nitrogens with one attached hydrogen (secondary N) is 1. The number of hydrogen-bond donors (Lipinski definition) is 2. The normalized spacial score (nSPS) is 14.8. The average molecular weight is 358 g/mol. The maximum Gasteiger partial charge on any atom is 0.303 e. The van der Waals surface area contributed by atoms with Crippen molar-refractivity contribution < 1.29 is 27.5 Å². The maximum atomic E-state index is 14.2. The van der Waals surface area contributed by atoms with Gasteiger partial charge >= 0.3 is 5.97 Å². The Hall–Kier alpha value is -2.00. The summed E-state index contributed by atoms with van der Waals surface area (Å²) in [4.78, 5) is 23.8. The number of sulfonamides is 1. The van der Waals surface area contributed by atoms with Gasteiger partial charge in [-0.05, 0) is 37.5 Å². The predicted molar refractivity (Wildman–Crippen MR) is 83.6 cm³/mol. The molecule has 0 unspecified atom stereocenters. The van der Waals surface area contributed by atoms with Crippen LogP contribution in [0.2, 0.25) is 0 Å². The second-order valence-corrected chi connectivity index (χ2v) is 7.30. The molecule has 1 aliphatic heterocycles. The molecule has 0 atom stereocenters. The number of carbonyl (C=O) groups is 2. The Morgan fingerprint density at radius 1 is 1.25 bits per heavy atom. The van der Waals surface area contributed by atoms with E-state index < -0.39 is 27.7 Å². The van der Waals surface area contributed by atoms with Crippen molar-refractivity contribution >= 4 is 21.9 Å². The maximum absolute atomic E-state index is 14.2. The van der Waals surface area contributed by atoms with E-state index in [1.807, 2.05) is 0 Å². The van der Waals surface area contributed by atoms with Gasteiger partial charge in [-0.1, -0.05) is 0 Å². The lowest BCUT2D eigenvalue weighted by Gasteiger charge is -2.16. The Kier molecular flexibility index (Phi) is 5.89. The van der Waals surface area contributed by atoms with Gasteiger partial charge in [-0.2, -0.15) is 0 Å². The van der Waals surface area contributed by atoms with Crippen LogP contribution in [0.25, 0.3) is 0 Å². The first-order valence-corrected chi connectivity index (χ1v) is 9.10. The Bertz CT molecular complexity index is 729. The standard InChI is InChI=1S/C15H19FN2O5S/c16-13-10-11(24(22,23)17-7-3-4-14(19)20)5-6-12(13)15(21)18-8-1-2-9-18/h5-6,10,17H,1-4,7-9H2,(H,19,20). The Balaban J connectivity index is 2.07. The fraction of sp³-hybridized carbons (Fsp3) is 0.467. The van der Waals surface area contributed by atoms with Crippen LogP contribution in [-0.4, -0.2) is 49.9 Å². The molecule has 1 amide bonds. The minimum atomic E-state index is -3.95. The summed E-state index contributed by atoms with van der Waals surface area (Å²) >= 11 is 0. The molecular weight excluding hydrogens is 339 g/mol. The van der Waals surface area contributed by atoms with E-state index in [9.17, 15) is 22.4 Å². The third-order valence-electron chi connectivity index (χ3n) is 3.73. The Labute approximate surface area is 139 Å². The van der Waals surface area contributed by atoms with Crippen LogP contribution in [0, 0.1) is 5.82 Å². The molecule has 2 rings (SSSR count). The number of nitrogens with zero attached hydrogens (tertiary/aromatic N) is 1. The molecule has 2 N–H and O–H groups in total. The number of rotatable bonds is 7. The SMILES string of the molecule is O=C(O)CCCNS(=O)(=O)c1ccc(C(=O)N2CCCC2)c(F)c1. The number of carboxylic acid groups (broad SMARTS) is 1. The molecule has 132 valence electrons. The molecule has 0 spiro atoms. The van der Waals surface area contributed by atoms with Gasteiger partial charge in [-0.15, -0.1) is 0 Å². The van der Waals surface area contributed by atoms with Crippen molar-refractivity contribution in [2.75, 3.05) is 19.6 Å². The molecule has 1 fully saturated rings. The smallest absolute Gasteiger partial charge is 0.303 e. The summed E-state index contributed by atoms with van der Waals surface area (Å²) in [7, 11) is -3.95. The zero-order valence-corrected chi connectivity index (χ0v) is 13.8. The van der Waals surface area contributed by atoms with Crippen LogP contribution in [0.3, 0.4) is 0 Å².